The molecule has 0 saturated carbocycles. The topological polar surface area (TPSA) is 94.5 Å². The summed E-state index contributed by atoms with van der Waals surface area (Å²) in [5.41, 5.74) is 1.01. The fourth-order valence-corrected chi connectivity index (χ4v) is 3.96. The van der Waals surface area contributed by atoms with E-state index in [2.05, 4.69) is 0 Å². The molecule has 0 bridgehead atoms. The molecule has 1 N–H and O–H groups in total. The monoisotopic (exact) mass is 469 g/mol. The van der Waals surface area contributed by atoms with E-state index >= 15 is 0 Å². The molecule has 0 aliphatic carbocycles. The van der Waals surface area contributed by atoms with Crippen molar-refractivity contribution >= 4 is 17.4 Å². The van der Waals surface area contributed by atoms with Crippen LogP contribution >= 0.6 is 0 Å². The van der Waals surface area contributed by atoms with E-state index in [1.807, 2.05) is 13.8 Å². The lowest BCUT2D eigenvalue weighted by atomic mass is 9.95. The summed E-state index contributed by atoms with van der Waals surface area (Å²) in [5.74, 6) is -0.195. The normalized spacial score (nSPS) is 17.4. The lowest BCUT2D eigenvalue weighted by molar-refractivity contribution is -0.140. The van der Waals surface area contributed by atoms with Crippen LogP contribution < -0.4 is 14.2 Å². The van der Waals surface area contributed by atoms with Gasteiger partial charge in [0.1, 0.15) is 11.5 Å². The van der Waals surface area contributed by atoms with Crippen LogP contribution in [0, 0.1) is 0 Å². The van der Waals surface area contributed by atoms with Crippen LogP contribution in [0.2, 0.25) is 0 Å². The number of likely N-dealkylation sites (tertiary alicyclic amines) is 1. The van der Waals surface area contributed by atoms with Gasteiger partial charge in [0.15, 0.2) is 11.5 Å². The van der Waals surface area contributed by atoms with Crippen molar-refractivity contribution in [2.45, 2.75) is 32.4 Å². The van der Waals surface area contributed by atoms with Gasteiger partial charge in [-0.15, -0.1) is 0 Å². The summed E-state index contributed by atoms with van der Waals surface area (Å²) >= 11 is 0. The van der Waals surface area contributed by atoms with E-state index in [0.717, 1.165) is 0 Å². The Bertz CT molecular complexity index is 1080. The van der Waals surface area contributed by atoms with Gasteiger partial charge >= 0.3 is 0 Å². The average Bonchev–Trinajstić information content (AvgIpc) is 3.10. The number of ether oxygens (including phenoxy) is 4. The second-order valence-electron chi connectivity index (χ2n) is 8.11. The van der Waals surface area contributed by atoms with Gasteiger partial charge in [0.2, 0.25) is 0 Å². The predicted molar refractivity (Wildman–Crippen MR) is 127 cm³/mol. The lowest BCUT2D eigenvalue weighted by Crippen LogP contribution is -2.31. The summed E-state index contributed by atoms with van der Waals surface area (Å²) in [4.78, 5) is 27.7. The van der Waals surface area contributed by atoms with Gasteiger partial charge < -0.3 is 29.0 Å². The van der Waals surface area contributed by atoms with E-state index in [4.69, 9.17) is 18.9 Å². The highest BCUT2D eigenvalue weighted by Crippen LogP contribution is 2.42. The van der Waals surface area contributed by atoms with Crippen LogP contribution in [0.4, 0.5) is 0 Å². The van der Waals surface area contributed by atoms with Crippen LogP contribution in [-0.4, -0.2) is 62.3 Å². The quantitative estimate of drug-likeness (QED) is 0.244. The first-order valence-electron chi connectivity index (χ1n) is 11.1. The molecule has 1 fully saturated rings. The van der Waals surface area contributed by atoms with Crippen molar-refractivity contribution < 1.29 is 33.6 Å². The minimum Gasteiger partial charge on any atom is -0.507 e. The van der Waals surface area contributed by atoms with E-state index in [9.17, 15) is 14.7 Å². The number of hydrogen-bond donors (Lipinski definition) is 1. The number of carbonyl (C=O) groups is 2. The van der Waals surface area contributed by atoms with Crippen LogP contribution in [0.15, 0.2) is 48.0 Å². The molecule has 1 heterocycles. The molecule has 1 aliphatic heterocycles. The molecule has 0 radical (unpaired) electrons. The SMILES string of the molecule is COc1cccc(C(O)=C2C(=O)C(=O)N(CCCOC(C)C)[C@H]2c2ccc(OC)c(OC)c2)c1. The zero-order valence-corrected chi connectivity index (χ0v) is 20.2. The van der Waals surface area contributed by atoms with Gasteiger partial charge in [0, 0.05) is 18.7 Å². The molecular formula is C26H31NO7. The van der Waals surface area contributed by atoms with E-state index in [1.165, 1.54) is 26.2 Å². The average molecular weight is 470 g/mol. The van der Waals surface area contributed by atoms with Crippen LogP contribution in [0.5, 0.6) is 17.2 Å². The first-order valence-corrected chi connectivity index (χ1v) is 11.1. The van der Waals surface area contributed by atoms with E-state index < -0.39 is 17.7 Å². The number of nitrogens with zero attached hydrogens (tertiary/aromatic N) is 1. The van der Waals surface area contributed by atoms with Crippen molar-refractivity contribution in [1.82, 2.24) is 4.90 Å². The van der Waals surface area contributed by atoms with Crippen molar-refractivity contribution in [2.75, 3.05) is 34.5 Å². The van der Waals surface area contributed by atoms with Crippen molar-refractivity contribution in [3.8, 4) is 17.2 Å². The Morgan fingerprint density at radius 3 is 2.38 bits per heavy atom. The molecule has 8 heteroatoms. The Morgan fingerprint density at radius 1 is 1.00 bits per heavy atom. The maximum absolute atomic E-state index is 13.2. The zero-order valence-electron chi connectivity index (χ0n) is 20.2. The molecule has 1 aliphatic rings. The van der Waals surface area contributed by atoms with Crippen molar-refractivity contribution in [2.24, 2.45) is 0 Å². The van der Waals surface area contributed by atoms with Gasteiger partial charge in [-0.25, -0.2) is 0 Å². The number of ketones is 1. The molecule has 1 atom stereocenters. The van der Waals surface area contributed by atoms with Gasteiger partial charge in [0.05, 0.1) is 39.0 Å². The molecular weight excluding hydrogens is 438 g/mol. The second kappa shape index (κ2) is 11.1. The fraction of sp³-hybridized carbons (Fsp3) is 0.385. The van der Waals surface area contributed by atoms with E-state index in [-0.39, 0.29) is 24.0 Å². The highest BCUT2D eigenvalue weighted by molar-refractivity contribution is 6.46. The molecule has 8 nitrogen and oxygen atoms in total. The minimum absolute atomic E-state index is 0.00949. The maximum Gasteiger partial charge on any atom is 0.295 e. The molecule has 182 valence electrons. The van der Waals surface area contributed by atoms with Gasteiger partial charge in [-0.2, -0.15) is 0 Å². The third-order valence-electron chi connectivity index (χ3n) is 5.60. The number of benzene rings is 2. The van der Waals surface area contributed by atoms with Crippen LogP contribution in [0.25, 0.3) is 5.76 Å². The number of amides is 1. The Balaban J connectivity index is 2.10. The summed E-state index contributed by atoms with van der Waals surface area (Å²) in [5, 5.41) is 11.2. The number of hydrogen-bond acceptors (Lipinski definition) is 7. The molecule has 3 rings (SSSR count). The van der Waals surface area contributed by atoms with Crippen molar-refractivity contribution in [1.29, 1.82) is 0 Å². The number of rotatable bonds is 10. The number of aliphatic hydroxyl groups excluding tert-OH is 1. The van der Waals surface area contributed by atoms with Gasteiger partial charge in [-0.05, 0) is 50.1 Å². The summed E-state index contributed by atoms with van der Waals surface area (Å²) in [6, 6.07) is 11.1. The Hall–Kier alpha value is -3.52. The molecule has 1 saturated heterocycles. The smallest absolute Gasteiger partial charge is 0.295 e. The molecule has 0 unspecified atom stereocenters. The van der Waals surface area contributed by atoms with Gasteiger partial charge in [-0.3, -0.25) is 9.59 Å². The van der Waals surface area contributed by atoms with Crippen LogP contribution in [0.1, 0.15) is 37.4 Å². The Morgan fingerprint density at radius 2 is 1.74 bits per heavy atom. The first-order chi connectivity index (χ1) is 16.3. The van der Waals surface area contributed by atoms with Crippen LogP contribution in [0.3, 0.4) is 0 Å². The zero-order chi connectivity index (χ0) is 24.8. The maximum atomic E-state index is 13.2. The number of aliphatic hydroxyl groups is 1. The van der Waals surface area contributed by atoms with E-state index in [1.54, 1.807) is 42.5 Å². The number of methoxy groups -OCH3 is 3. The number of Topliss-reactive ketones (excluding diaryl/α,β-unsaturated/α-hetero) is 1. The largest absolute Gasteiger partial charge is 0.507 e. The Labute approximate surface area is 199 Å². The summed E-state index contributed by atoms with van der Waals surface area (Å²) in [6.07, 6.45) is 0.596. The standard InChI is InChI=1S/C26H31NO7/c1-16(2)34-13-7-12-27-23(17-10-11-20(32-4)21(15-17)33-5)22(25(29)26(27)30)24(28)18-8-6-9-19(14-18)31-3/h6,8-11,14-16,23,28H,7,12-13H2,1-5H3/t23-/m0/s1. The van der Waals surface area contributed by atoms with Crippen molar-refractivity contribution in [3.63, 3.8) is 0 Å². The minimum atomic E-state index is -0.801. The summed E-state index contributed by atoms with van der Waals surface area (Å²) in [7, 11) is 4.56. The van der Waals surface area contributed by atoms with Crippen LogP contribution in [-0.2, 0) is 14.3 Å². The molecule has 0 aromatic heterocycles. The fourth-order valence-electron chi connectivity index (χ4n) is 3.96. The van der Waals surface area contributed by atoms with Gasteiger partial charge in [-0.1, -0.05) is 18.2 Å². The second-order valence-corrected chi connectivity index (χ2v) is 8.11. The molecule has 2 aromatic rings. The summed E-state index contributed by atoms with van der Waals surface area (Å²) < 4.78 is 21.6. The highest BCUT2D eigenvalue weighted by Gasteiger charge is 2.46. The predicted octanol–water partition coefficient (Wildman–Crippen LogP) is 3.95. The van der Waals surface area contributed by atoms with Gasteiger partial charge in [0.25, 0.3) is 11.7 Å². The molecule has 0 spiro atoms. The third-order valence-corrected chi connectivity index (χ3v) is 5.60. The Kier molecular flexibility index (Phi) is 8.17. The molecule has 1 amide bonds. The lowest BCUT2D eigenvalue weighted by Gasteiger charge is -2.26. The van der Waals surface area contributed by atoms with Crippen molar-refractivity contribution in [3.05, 3.63) is 59.2 Å². The molecule has 2 aromatic carbocycles. The third kappa shape index (κ3) is 5.17. The number of carbonyl (C=O) groups excluding carboxylic acids is 2. The van der Waals surface area contributed by atoms with E-state index in [0.29, 0.717) is 41.4 Å². The molecule has 34 heavy (non-hydrogen) atoms. The highest BCUT2D eigenvalue weighted by atomic mass is 16.5. The first kappa shape index (κ1) is 25.1. The summed E-state index contributed by atoms with van der Waals surface area (Å²) in [6.45, 7) is 4.59.